The molecule has 0 aliphatic carbocycles. The molecule has 1 aromatic rings. The van der Waals surface area contributed by atoms with E-state index >= 15 is 0 Å². The Bertz CT molecular complexity index is 262. The van der Waals surface area contributed by atoms with Gasteiger partial charge >= 0.3 is 0 Å². The third kappa shape index (κ3) is 2.79. The molecule has 0 atom stereocenters. The zero-order valence-electron chi connectivity index (χ0n) is 5.63. The Morgan fingerprint density at radius 2 is 1.91 bits per heavy atom. The third-order valence-corrected chi connectivity index (χ3v) is 1.59. The molecule has 0 aromatic heterocycles. The van der Waals surface area contributed by atoms with Crippen molar-refractivity contribution in [3.63, 3.8) is 0 Å². The summed E-state index contributed by atoms with van der Waals surface area (Å²) in [5.41, 5.74) is 8.34. The van der Waals surface area contributed by atoms with E-state index in [1.54, 1.807) is 18.2 Å². The fourth-order valence-electron chi connectivity index (χ4n) is 0.675. The predicted octanol–water partition coefficient (Wildman–Crippen LogP) is 3.09. The van der Waals surface area contributed by atoms with Gasteiger partial charge in [0.25, 0.3) is 0 Å². The van der Waals surface area contributed by atoms with Gasteiger partial charge in [0.05, 0.1) is 0 Å². The number of nitrogens with one attached hydrogen (secondary N) is 2. The van der Waals surface area contributed by atoms with Gasteiger partial charge in [0, 0.05) is 22.4 Å². The van der Waals surface area contributed by atoms with Crippen LogP contribution in [0.25, 0.3) is 5.73 Å². The van der Waals surface area contributed by atoms with Crippen LogP contribution in [0.15, 0.2) is 24.3 Å². The zero-order valence-corrected chi connectivity index (χ0v) is 10.4. The van der Waals surface area contributed by atoms with Gasteiger partial charge in [-0.2, -0.15) is 0 Å². The van der Waals surface area contributed by atoms with Crippen molar-refractivity contribution >= 4 is 26.2 Å². The van der Waals surface area contributed by atoms with E-state index < -0.39 is 0 Å². The molecule has 0 aliphatic rings. The zero-order chi connectivity index (χ0) is 7.56. The van der Waals surface area contributed by atoms with Crippen molar-refractivity contribution in [3.8, 4) is 0 Å². The number of halogens is 1. The van der Waals surface area contributed by atoms with Crippen molar-refractivity contribution in [2.24, 2.45) is 0 Å². The van der Waals surface area contributed by atoms with Crippen LogP contribution >= 0.6 is 15.9 Å². The van der Waals surface area contributed by atoms with E-state index in [1.165, 1.54) is 0 Å². The van der Waals surface area contributed by atoms with Crippen LogP contribution in [0.2, 0.25) is 0 Å². The fraction of sp³-hybridized carbons (Fsp3) is 0. The van der Waals surface area contributed by atoms with Crippen molar-refractivity contribution in [1.82, 2.24) is 0 Å². The van der Waals surface area contributed by atoms with E-state index in [0.29, 0.717) is 11.3 Å². The van der Waals surface area contributed by atoms with Crippen molar-refractivity contribution in [3.05, 3.63) is 35.6 Å². The van der Waals surface area contributed by atoms with Gasteiger partial charge in [-0.05, 0) is 21.5 Å². The number of hydrogen-bond donors (Lipinski definition) is 1. The quantitative estimate of drug-likeness (QED) is 0.730. The molecule has 0 heterocycles. The van der Waals surface area contributed by atoms with Gasteiger partial charge in [0.15, 0.2) is 0 Å². The van der Waals surface area contributed by atoms with Crippen LogP contribution in [0.4, 0.5) is 5.69 Å². The molecule has 1 radical (unpaired) electrons. The molecule has 1 rings (SSSR count). The molecule has 2 N–H and O–H groups in total. The third-order valence-electron chi connectivity index (χ3n) is 1.16. The Morgan fingerprint density at radius 1 is 1.36 bits per heavy atom. The molecule has 0 saturated carbocycles. The van der Waals surface area contributed by atoms with Gasteiger partial charge in [-0.3, -0.25) is 5.41 Å². The summed E-state index contributed by atoms with van der Waals surface area (Å²) in [6, 6.07) is 6.98. The molecule has 0 saturated heterocycles. The molecular weight excluding hydrogens is 373 g/mol. The van der Waals surface area contributed by atoms with Crippen LogP contribution in [0.5, 0.6) is 0 Å². The van der Waals surface area contributed by atoms with Gasteiger partial charge in [0.2, 0.25) is 0 Å². The van der Waals surface area contributed by atoms with Crippen molar-refractivity contribution in [1.29, 1.82) is 5.41 Å². The summed E-state index contributed by atoms with van der Waals surface area (Å²) < 4.78 is 0.262. The maximum absolute atomic E-state index is 7.33. The average molecular weight is 379 g/mol. The average Bonchev–Trinajstić information content (AvgIpc) is 1.88. The summed E-state index contributed by atoms with van der Waals surface area (Å²) in [6.45, 7) is 0. The van der Waals surface area contributed by atoms with Crippen LogP contribution in [0, 0.1) is 5.41 Å². The Kier molecular flexibility index (Phi) is 4.68. The fourth-order valence-corrected chi connectivity index (χ4v) is 1.02. The molecule has 0 aliphatic heterocycles. The predicted molar refractivity (Wildman–Crippen MR) is 46.2 cm³/mol. The standard InChI is InChI=1S/C7H6BrN2.Ta/c8-7(10)5-3-1-2-4-6(5)9;/h1-4,9-10H;/q-1;. The largest absolute Gasteiger partial charge is 0.698 e. The molecule has 0 amide bonds. The first-order chi connectivity index (χ1) is 4.72. The summed E-state index contributed by atoms with van der Waals surface area (Å²) in [6.07, 6.45) is 0. The van der Waals surface area contributed by atoms with Gasteiger partial charge < -0.3 is 5.73 Å². The molecule has 0 unspecified atom stereocenters. The Morgan fingerprint density at radius 3 is 2.27 bits per heavy atom. The molecule has 57 valence electrons. The minimum Gasteiger partial charge on any atom is -0.698 e. The Hall–Kier alpha value is -0.0897. The second-order valence-electron chi connectivity index (χ2n) is 1.86. The van der Waals surface area contributed by atoms with Gasteiger partial charge in [-0.15, -0.1) is 5.69 Å². The van der Waals surface area contributed by atoms with E-state index in [4.69, 9.17) is 11.1 Å². The normalized spacial score (nSPS) is 8.45. The van der Waals surface area contributed by atoms with E-state index in [-0.39, 0.29) is 27.0 Å². The molecule has 11 heavy (non-hydrogen) atoms. The number of hydrogen-bond acceptors (Lipinski definition) is 1. The van der Waals surface area contributed by atoms with Crippen LogP contribution < -0.4 is 0 Å². The summed E-state index contributed by atoms with van der Waals surface area (Å²) >= 11 is 3.00. The molecule has 0 spiro atoms. The van der Waals surface area contributed by atoms with Crippen molar-refractivity contribution in [2.75, 3.05) is 0 Å². The van der Waals surface area contributed by atoms with E-state index in [1.807, 2.05) is 6.07 Å². The van der Waals surface area contributed by atoms with Crippen LogP contribution in [-0.2, 0) is 22.4 Å². The van der Waals surface area contributed by atoms with E-state index in [2.05, 4.69) is 15.9 Å². The number of benzene rings is 1. The summed E-state index contributed by atoms with van der Waals surface area (Å²) in [7, 11) is 0. The molecule has 0 fully saturated rings. The summed E-state index contributed by atoms with van der Waals surface area (Å²) in [4.78, 5) is 0. The minimum absolute atomic E-state index is 0. The first-order valence-electron chi connectivity index (χ1n) is 2.77. The molecule has 1 aromatic carbocycles. The van der Waals surface area contributed by atoms with E-state index in [0.717, 1.165) is 0 Å². The maximum Gasteiger partial charge on any atom is 0.103 e. The van der Waals surface area contributed by atoms with Crippen LogP contribution in [0.1, 0.15) is 5.56 Å². The first kappa shape index (κ1) is 10.9. The topological polar surface area (TPSA) is 47.7 Å². The van der Waals surface area contributed by atoms with Crippen molar-refractivity contribution in [2.45, 2.75) is 0 Å². The van der Waals surface area contributed by atoms with Gasteiger partial charge in [-0.1, -0.05) is 24.3 Å². The van der Waals surface area contributed by atoms with Crippen LogP contribution in [0.3, 0.4) is 0 Å². The van der Waals surface area contributed by atoms with E-state index in [9.17, 15) is 0 Å². The summed E-state index contributed by atoms with van der Waals surface area (Å²) in [5.74, 6) is 0. The Balaban J connectivity index is 0.000001000. The summed E-state index contributed by atoms with van der Waals surface area (Å²) in [5, 5.41) is 7.17. The maximum atomic E-state index is 7.33. The molecular formula is C7H6BrN2Ta-. The Labute approximate surface area is 89.3 Å². The molecule has 4 heteroatoms. The van der Waals surface area contributed by atoms with Crippen LogP contribution in [-0.4, -0.2) is 4.62 Å². The second-order valence-corrected chi connectivity index (χ2v) is 2.65. The van der Waals surface area contributed by atoms with Gasteiger partial charge in [-0.25, -0.2) is 0 Å². The monoisotopic (exact) mass is 378 g/mol. The molecule has 0 bridgehead atoms. The number of rotatable bonds is 1. The first-order valence-corrected chi connectivity index (χ1v) is 3.56. The molecule has 2 nitrogen and oxygen atoms in total. The second kappa shape index (κ2) is 4.72. The SMILES string of the molecule is N=C(Br)c1ccccc1[NH-].[Ta]. The van der Waals surface area contributed by atoms with Gasteiger partial charge in [0.1, 0.15) is 4.62 Å². The van der Waals surface area contributed by atoms with Crippen molar-refractivity contribution < 1.29 is 22.4 Å². The smallest absolute Gasteiger partial charge is 0.103 e. The minimum atomic E-state index is 0.